The summed E-state index contributed by atoms with van der Waals surface area (Å²) in [5.74, 6) is -0.0160. The first-order chi connectivity index (χ1) is 12.5. The Bertz CT molecular complexity index is 792. The van der Waals surface area contributed by atoms with E-state index in [9.17, 15) is 14.9 Å². The molecule has 0 aliphatic carbocycles. The number of non-ortho nitro benzene ring substituents is 1. The number of anilines is 1. The van der Waals surface area contributed by atoms with Crippen LogP contribution in [0.25, 0.3) is 0 Å². The quantitative estimate of drug-likeness (QED) is 0.640. The molecule has 1 fully saturated rings. The molecule has 8 heteroatoms. The van der Waals surface area contributed by atoms with Crippen LogP contribution < -0.4 is 10.2 Å². The number of rotatable bonds is 5. The molecule has 1 N–H and O–H groups in total. The van der Waals surface area contributed by atoms with Crippen molar-refractivity contribution in [1.82, 2.24) is 10.3 Å². The highest BCUT2D eigenvalue weighted by Gasteiger charge is 2.21. The van der Waals surface area contributed by atoms with Gasteiger partial charge in [-0.05, 0) is 37.0 Å². The van der Waals surface area contributed by atoms with Crippen LogP contribution in [0.2, 0.25) is 5.02 Å². The summed E-state index contributed by atoms with van der Waals surface area (Å²) in [6.07, 6.45) is 5.52. The van der Waals surface area contributed by atoms with E-state index in [1.165, 1.54) is 18.2 Å². The van der Waals surface area contributed by atoms with Crippen molar-refractivity contribution in [2.75, 3.05) is 24.5 Å². The first-order valence-electron chi connectivity index (χ1n) is 8.41. The first-order valence-corrected chi connectivity index (χ1v) is 8.79. The first kappa shape index (κ1) is 18.1. The van der Waals surface area contributed by atoms with E-state index < -0.39 is 4.92 Å². The lowest BCUT2D eigenvalue weighted by atomic mass is 9.96. The molecule has 136 valence electrons. The van der Waals surface area contributed by atoms with E-state index in [0.29, 0.717) is 12.5 Å². The summed E-state index contributed by atoms with van der Waals surface area (Å²) in [7, 11) is 0. The molecule has 26 heavy (non-hydrogen) atoms. The number of pyridine rings is 1. The zero-order valence-corrected chi connectivity index (χ0v) is 14.9. The van der Waals surface area contributed by atoms with Gasteiger partial charge in [-0.15, -0.1) is 0 Å². The summed E-state index contributed by atoms with van der Waals surface area (Å²) in [6.45, 7) is 2.34. The fraction of sp³-hybridized carbons (Fsp3) is 0.333. The van der Waals surface area contributed by atoms with Crippen molar-refractivity contribution < 1.29 is 9.72 Å². The van der Waals surface area contributed by atoms with Gasteiger partial charge >= 0.3 is 0 Å². The second-order valence-electron chi connectivity index (χ2n) is 6.27. The Balaban J connectivity index is 1.53. The van der Waals surface area contributed by atoms with E-state index in [-0.39, 0.29) is 22.2 Å². The van der Waals surface area contributed by atoms with Crippen LogP contribution in [0.1, 0.15) is 23.2 Å². The third-order valence-electron chi connectivity index (χ3n) is 4.58. The van der Waals surface area contributed by atoms with Gasteiger partial charge in [0.1, 0.15) is 0 Å². The molecule has 0 unspecified atom stereocenters. The van der Waals surface area contributed by atoms with E-state index in [1.807, 2.05) is 18.3 Å². The molecule has 1 amide bonds. The Morgan fingerprint density at radius 2 is 2.12 bits per heavy atom. The zero-order valence-electron chi connectivity index (χ0n) is 14.1. The smallest absolute Gasteiger partial charge is 0.270 e. The molecule has 1 saturated heterocycles. The summed E-state index contributed by atoms with van der Waals surface area (Å²) in [4.78, 5) is 29.1. The average Bonchev–Trinajstić information content (AvgIpc) is 2.67. The molecule has 3 rings (SSSR count). The number of nitrogens with zero attached hydrogens (tertiary/aromatic N) is 3. The van der Waals surface area contributed by atoms with Crippen molar-refractivity contribution in [2.45, 2.75) is 12.8 Å². The zero-order chi connectivity index (χ0) is 18.5. The standard InChI is InChI=1S/C18H19ClN4O3/c19-17-4-3-14(23(25)26)10-16(17)18(24)21-11-13-5-8-22(9-6-13)15-2-1-7-20-12-15/h1-4,7,10,12-13H,5-6,8-9,11H2,(H,21,24). The van der Waals surface area contributed by atoms with Gasteiger partial charge in [0.25, 0.3) is 11.6 Å². The van der Waals surface area contributed by atoms with Gasteiger partial charge in [0.05, 0.1) is 27.4 Å². The predicted octanol–water partition coefficient (Wildman–Crippen LogP) is 3.29. The molecule has 2 heterocycles. The Morgan fingerprint density at radius 3 is 2.77 bits per heavy atom. The lowest BCUT2D eigenvalue weighted by Crippen LogP contribution is -2.38. The second kappa shape index (κ2) is 8.14. The highest BCUT2D eigenvalue weighted by Crippen LogP contribution is 2.24. The third-order valence-corrected chi connectivity index (χ3v) is 4.91. The van der Waals surface area contributed by atoms with Gasteiger partial charge in [-0.25, -0.2) is 0 Å². The summed E-state index contributed by atoms with van der Waals surface area (Å²) in [5.41, 5.74) is 1.09. The topological polar surface area (TPSA) is 88.4 Å². The van der Waals surface area contributed by atoms with Crippen LogP contribution in [-0.2, 0) is 0 Å². The number of nitrogens with one attached hydrogen (secondary N) is 1. The Morgan fingerprint density at radius 1 is 1.35 bits per heavy atom. The predicted molar refractivity (Wildman–Crippen MR) is 99.6 cm³/mol. The van der Waals surface area contributed by atoms with E-state index in [2.05, 4.69) is 15.2 Å². The lowest BCUT2D eigenvalue weighted by Gasteiger charge is -2.33. The van der Waals surface area contributed by atoms with Crippen LogP contribution in [0.15, 0.2) is 42.7 Å². The summed E-state index contributed by atoms with van der Waals surface area (Å²) < 4.78 is 0. The second-order valence-corrected chi connectivity index (χ2v) is 6.68. The molecule has 0 radical (unpaired) electrons. The van der Waals surface area contributed by atoms with Crippen LogP contribution in [0.3, 0.4) is 0 Å². The Kier molecular flexibility index (Phi) is 5.68. The van der Waals surface area contributed by atoms with Gasteiger partial charge < -0.3 is 10.2 Å². The highest BCUT2D eigenvalue weighted by molar-refractivity contribution is 6.33. The van der Waals surface area contributed by atoms with E-state index in [0.717, 1.165) is 31.6 Å². The molecular formula is C18H19ClN4O3. The van der Waals surface area contributed by atoms with E-state index >= 15 is 0 Å². The number of carbonyl (C=O) groups excluding carboxylic acids is 1. The van der Waals surface area contributed by atoms with Gasteiger partial charge in [0, 0.05) is 38.0 Å². The van der Waals surface area contributed by atoms with Crippen molar-refractivity contribution in [3.8, 4) is 0 Å². The maximum absolute atomic E-state index is 12.3. The number of carbonyl (C=O) groups is 1. The van der Waals surface area contributed by atoms with Gasteiger partial charge in [0.2, 0.25) is 0 Å². The minimum atomic E-state index is -0.540. The number of hydrogen-bond donors (Lipinski definition) is 1. The molecule has 0 saturated carbocycles. The Hall–Kier alpha value is -2.67. The maximum atomic E-state index is 12.3. The molecule has 0 atom stereocenters. The Labute approximate surface area is 156 Å². The number of piperidine rings is 1. The van der Waals surface area contributed by atoms with Gasteiger partial charge in [-0.2, -0.15) is 0 Å². The van der Waals surface area contributed by atoms with Crippen molar-refractivity contribution >= 4 is 28.9 Å². The van der Waals surface area contributed by atoms with Crippen LogP contribution in [-0.4, -0.2) is 35.4 Å². The summed E-state index contributed by atoms with van der Waals surface area (Å²) in [6, 6.07) is 7.83. The molecule has 1 aromatic carbocycles. The van der Waals surface area contributed by atoms with Crippen LogP contribution in [0.4, 0.5) is 11.4 Å². The van der Waals surface area contributed by atoms with Crippen LogP contribution in [0, 0.1) is 16.0 Å². The van der Waals surface area contributed by atoms with Crippen molar-refractivity contribution in [2.24, 2.45) is 5.92 Å². The summed E-state index contributed by atoms with van der Waals surface area (Å²) in [5, 5.41) is 13.9. The minimum absolute atomic E-state index is 0.133. The van der Waals surface area contributed by atoms with Crippen molar-refractivity contribution in [3.63, 3.8) is 0 Å². The van der Waals surface area contributed by atoms with Crippen LogP contribution >= 0.6 is 11.6 Å². The lowest BCUT2D eigenvalue weighted by molar-refractivity contribution is -0.384. The normalized spacial score (nSPS) is 14.9. The number of nitro benzene ring substituents is 1. The van der Waals surface area contributed by atoms with E-state index in [1.54, 1.807) is 6.20 Å². The monoisotopic (exact) mass is 374 g/mol. The maximum Gasteiger partial charge on any atom is 0.270 e. The summed E-state index contributed by atoms with van der Waals surface area (Å²) >= 11 is 6.01. The molecule has 2 aromatic rings. The number of amides is 1. The van der Waals surface area contributed by atoms with Crippen molar-refractivity contribution in [1.29, 1.82) is 0 Å². The number of nitro groups is 1. The van der Waals surface area contributed by atoms with Gasteiger partial charge in [-0.1, -0.05) is 11.6 Å². The molecule has 1 aliphatic heterocycles. The molecule has 1 aliphatic rings. The molecule has 0 spiro atoms. The number of aromatic nitrogens is 1. The molecule has 1 aromatic heterocycles. The van der Waals surface area contributed by atoms with Crippen molar-refractivity contribution in [3.05, 3.63) is 63.4 Å². The number of hydrogen-bond acceptors (Lipinski definition) is 5. The molecular weight excluding hydrogens is 356 g/mol. The minimum Gasteiger partial charge on any atom is -0.370 e. The van der Waals surface area contributed by atoms with Gasteiger partial charge in [0.15, 0.2) is 0 Å². The molecule has 7 nitrogen and oxygen atoms in total. The number of benzene rings is 1. The third kappa shape index (κ3) is 4.29. The van der Waals surface area contributed by atoms with Gasteiger partial charge in [-0.3, -0.25) is 19.9 Å². The van der Waals surface area contributed by atoms with Crippen LogP contribution in [0.5, 0.6) is 0 Å². The fourth-order valence-electron chi connectivity index (χ4n) is 3.07. The SMILES string of the molecule is O=C(NCC1CCN(c2cccnc2)CC1)c1cc([N+](=O)[O-])ccc1Cl. The average molecular weight is 375 g/mol. The van der Waals surface area contributed by atoms with E-state index in [4.69, 9.17) is 11.6 Å². The fourth-order valence-corrected chi connectivity index (χ4v) is 3.27. The highest BCUT2D eigenvalue weighted by atomic mass is 35.5. The number of halogens is 1. The molecule has 0 bridgehead atoms. The largest absolute Gasteiger partial charge is 0.370 e.